The number of fused-ring (bicyclic) bond motifs is 1. The van der Waals surface area contributed by atoms with Crippen molar-refractivity contribution in [1.82, 2.24) is 9.97 Å². The number of aryl methyl sites for hydroxylation is 1. The van der Waals surface area contributed by atoms with Crippen LogP contribution in [0.1, 0.15) is 23.0 Å². The lowest BCUT2D eigenvalue weighted by Gasteiger charge is -2.10. The van der Waals surface area contributed by atoms with Gasteiger partial charge in [0.25, 0.3) is 0 Å². The molecule has 29 heavy (non-hydrogen) atoms. The average Bonchev–Trinajstić information content (AvgIpc) is 3.37. The second kappa shape index (κ2) is 7.96. The molecule has 0 spiro atoms. The summed E-state index contributed by atoms with van der Waals surface area (Å²) in [5.74, 6) is 1.77. The van der Waals surface area contributed by atoms with Gasteiger partial charge in [-0.15, -0.1) is 0 Å². The smallest absolute Gasteiger partial charge is 0.234 e. The molecule has 4 rings (SSSR count). The molecule has 0 aliphatic carbocycles. The first kappa shape index (κ1) is 19.0. The number of aromatic nitrogens is 2. The normalized spacial score (nSPS) is 12.1. The van der Waals surface area contributed by atoms with Gasteiger partial charge in [0.2, 0.25) is 12.7 Å². The van der Waals surface area contributed by atoms with Gasteiger partial charge >= 0.3 is 0 Å². The molecular weight excluding hydrogens is 394 g/mol. The molecule has 0 bridgehead atoms. The van der Waals surface area contributed by atoms with Crippen LogP contribution in [-0.4, -0.2) is 34.2 Å². The van der Waals surface area contributed by atoms with Crippen molar-refractivity contribution in [2.75, 3.05) is 17.9 Å². The fourth-order valence-electron chi connectivity index (χ4n) is 2.88. The van der Waals surface area contributed by atoms with Crippen LogP contribution in [0.4, 0.5) is 5.69 Å². The van der Waals surface area contributed by atoms with Crippen LogP contribution in [0.3, 0.4) is 0 Å². The topological polar surface area (TPSA) is 104 Å². The maximum Gasteiger partial charge on any atom is 0.234 e. The molecule has 0 atom stereocenters. The number of carbonyl (C=O) groups is 2. The summed E-state index contributed by atoms with van der Waals surface area (Å²) in [6.07, 6.45) is 1.53. The van der Waals surface area contributed by atoms with Gasteiger partial charge in [0, 0.05) is 11.8 Å². The Morgan fingerprint density at radius 2 is 2.00 bits per heavy atom. The summed E-state index contributed by atoms with van der Waals surface area (Å²) in [7, 11) is 0. The quantitative estimate of drug-likeness (QED) is 0.372. The van der Waals surface area contributed by atoms with E-state index in [1.165, 1.54) is 24.9 Å². The number of nitrogens with one attached hydrogen (secondary N) is 1. The second-order valence-corrected chi connectivity index (χ2v) is 7.22. The molecule has 3 heterocycles. The van der Waals surface area contributed by atoms with Crippen molar-refractivity contribution >= 4 is 29.1 Å². The summed E-state index contributed by atoms with van der Waals surface area (Å²) < 4.78 is 15.9. The largest absolute Gasteiger partial charge is 0.461 e. The molecule has 1 amide bonds. The van der Waals surface area contributed by atoms with Gasteiger partial charge in [-0.05, 0) is 38.1 Å². The molecule has 1 aliphatic heterocycles. The van der Waals surface area contributed by atoms with Gasteiger partial charge in [0.1, 0.15) is 5.03 Å². The lowest BCUT2D eigenvalue weighted by molar-refractivity contribution is -0.113. The highest BCUT2D eigenvalue weighted by Crippen LogP contribution is 2.34. The van der Waals surface area contributed by atoms with Gasteiger partial charge in [-0.3, -0.25) is 9.59 Å². The fraction of sp³-hybridized carbons (Fsp3) is 0.200. The fourth-order valence-corrected chi connectivity index (χ4v) is 3.80. The number of thioether (sulfide) groups is 1. The summed E-state index contributed by atoms with van der Waals surface area (Å²) in [6.45, 7) is 3.36. The van der Waals surface area contributed by atoms with Gasteiger partial charge in [0.15, 0.2) is 28.9 Å². The number of amides is 1. The minimum atomic E-state index is -0.237. The van der Waals surface area contributed by atoms with E-state index in [0.717, 1.165) is 0 Å². The average molecular weight is 411 g/mol. The number of nitrogens with zero attached hydrogens (tertiary/aromatic N) is 2. The molecule has 0 unspecified atom stereocenters. The molecule has 9 heteroatoms. The van der Waals surface area contributed by atoms with Gasteiger partial charge in [-0.2, -0.15) is 0 Å². The summed E-state index contributed by atoms with van der Waals surface area (Å²) in [5.41, 5.74) is 1.54. The van der Waals surface area contributed by atoms with Crippen LogP contribution < -0.4 is 14.8 Å². The predicted octanol–water partition coefficient (Wildman–Crippen LogP) is 3.71. The molecular formula is C20H17N3O5S. The zero-order valence-electron chi connectivity index (χ0n) is 15.7. The molecule has 8 nitrogen and oxygen atoms in total. The number of rotatable bonds is 6. The first-order valence-electron chi connectivity index (χ1n) is 8.77. The minimum absolute atomic E-state index is 0.0722. The zero-order chi connectivity index (χ0) is 20.4. The van der Waals surface area contributed by atoms with Crippen LogP contribution in [0.2, 0.25) is 0 Å². The van der Waals surface area contributed by atoms with Crippen molar-refractivity contribution in [2.45, 2.75) is 18.9 Å². The molecule has 3 aromatic rings. The van der Waals surface area contributed by atoms with E-state index in [2.05, 4.69) is 15.3 Å². The van der Waals surface area contributed by atoms with Gasteiger partial charge in [-0.25, -0.2) is 9.97 Å². The van der Waals surface area contributed by atoms with E-state index in [4.69, 9.17) is 13.9 Å². The van der Waals surface area contributed by atoms with Gasteiger partial charge in [0.05, 0.1) is 23.3 Å². The third kappa shape index (κ3) is 4.09. The van der Waals surface area contributed by atoms with E-state index in [0.29, 0.717) is 45.1 Å². The Bertz CT molecular complexity index is 1080. The van der Waals surface area contributed by atoms with Gasteiger partial charge < -0.3 is 19.2 Å². The number of hydrogen-bond donors (Lipinski definition) is 1. The van der Waals surface area contributed by atoms with Crippen molar-refractivity contribution in [2.24, 2.45) is 0 Å². The van der Waals surface area contributed by atoms with Crippen LogP contribution in [0.15, 0.2) is 46.0 Å². The Morgan fingerprint density at radius 3 is 2.76 bits per heavy atom. The maximum absolute atomic E-state index is 12.4. The highest BCUT2D eigenvalue weighted by molar-refractivity contribution is 8.00. The number of carbonyl (C=O) groups excluding carboxylic acids is 2. The van der Waals surface area contributed by atoms with E-state index in [9.17, 15) is 9.59 Å². The van der Waals surface area contributed by atoms with Crippen LogP contribution >= 0.6 is 11.8 Å². The Hall–Kier alpha value is -3.33. The number of ether oxygens (including phenoxy) is 2. The Kier molecular flexibility index (Phi) is 5.22. The van der Waals surface area contributed by atoms with Crippen molar-refractivity contribution in [3.05, 3.63) is 47.9 Å². The lowest BCUT2D eigenvalue weighted by atomic mass is 10.2. The Balaban J connectivity index is 1.50. The number of anilines is 1. The zero-order valence-corrected chi connectivity index (χ0v) is 16.5. The second-order valence-electron chi connectivity index (χ2n) is 6.25. The molecule has 2 aromatic heterocycles. The van der Waals surface area contributed by atoms with E-state index >= 15 is 0 Å². The van der Waals surface area contributed by atoms with Crippen molar-refractivity contribution < 1.29 is 23.5 Å². The van der Waals surface area contributed by atoms with E-state index < -0.39 is 0 Å². The molecule has 148 valence electrons. The number of hydrogen-bond acceptors (Lipinski definition) is 8. The standard InChI is InChI=1S/C20H17N3O5S/c1-11-18(12(2)24)20(23-19(21-11)15-4-3-7-26-15)29-9-17(25)22-13-5-6-14-16(8-13)28-10-27-14/h3-8H,9-10H2,1-2H3,(H,22,25). The summed E-state index contributed by atoms with van der Waals surface area (Å²) >= 11 is 1.17. The van der Waals surface area contributed by atoms with E-state index in [1.54, 1.807) is 37.3 Å². The summed E-state index contributed by atoms with van der Waals surface area (Å²) in [5, 5.41) is 3.25. The first-order chi connectivity index (χ1) is 14.0. The maximum atomic E-state index is 12.4. The SMILES string of the molecule is CC(=O)c1c(C)nc(-c2ccco2)nc1SCC(=O)Nc1ccc2c(c1)OCO2. The van der Waals surface area contributed by atoms with Crippen molar-refractivity contribution in [3.63, 3.8) is 0 Å². The van der Waals surface area contributed by atoms with Crippen LogP contribution in [0, 0.1) is 6.92 Å². The lowest BCUT2D eigenvalue weighted by Crippen LogP contribution is -2.15. The van der Waals surface area contributed by atoms with E-state index in [1.807, 2.05) is 0 Å². The van der Waals surface area contributed by atoms with Crippen molar-refractivity contribution in [3.8, 4) is 23.1 Å². The summed E-state index contributed by atoms with van der Waals surface area (Å²) in [6, 6.07) is 8.65. The minimum Gasteiger partial charge on any atom is -0.461 e. The summed E-state index contributed by atoms with van der Waals surface area (Å²) in [4.78, 5) is 33.3. The third-order valence-corrected chi connectivity index (χ3v) is 5.12. The van der Waals surface area contributed by atoms with Crippen LogP contribution in [-0.2, 0) is 4.79 Å². The third-order valence-electron chi connectivity index (χ3n) is 4.15. The Labute approximate surface area is 170 Å². The van der Waals surface area contributed by atoms with Crippen LogP contribution in [0.5, 0.6) is 11.5 Å². The number of ketones is 1. The molecule has 1 aromatic carbocycles. The number of furan rings is 1. The molecule has 1 N–H and O–H groups in total. The molecule has 0 saturated heterocycles. The first-order valence-corrected chi connectivity index (χ1v) is 9.75. The van der Waals surface area contributed by atoms with Crippen LogP contribution in [0.25, 0.3) is 11.6 Å². The molecule has 1 aliphatic rings. The van der Waals surface area contributed by atoms with Crippen molar-refractivity contribution in [1.29, 1.82) is 0 Å². The number of benzene rings is 1. The number of Topliss-reactive ketones (excluding diaryl/α,β-unsaturated/α-hetero) is 1. The Morgan fingerprint density at radius 1 is 1.17 bits per heavy atom. The molecule has 0 fully saturated rings. The molecule has 0 radical (unpaired) electrons. The monoisotopic (exact) mass is 411 g/mol. The predicted molar refractivity (Wildman–Crippen MR) is 106 cm³/mol. The molecule has 0 saturated carbocycles. The van der Waals surface area contributed by atoms with E-state index in [-0.39, 0.29) is 24.2 Å². The highest BCUT2D eigenvalue weighted by Gasteiger charge is 2.19. The highest BCUT2D eigenvalue weighted by atomic mass is 32.2. The van der Waals surface area contributed by atoms with Gasteiger partial charge in [-0.1, -0.05) is 11.8 Å².